The summed E-state index contributed by atoms with van der Waals surface area (Å²) in [7, 11) is 0. The first kappa shape index (κ1) is 19.4. The summed E-state index contributed by atoms with van der Waals surface area (Å²) in [5, 5.41) is 6.53. The van der Waals surface area contributed by atoms with Crippen LogP contribution in [0.3, 0.4) is 0 Å². The van der Waals surface area contributed by atoms with Crippen molar-refractivity contribution in [1.29, 1.82) is 0 Å². The van der Waals surface area contributed by atoms with Crippen molar-refractivity contribution >= 4 is 5.96 Å². The molecule has 0 saturated carbocycles. The zero-order valence-corrected chi connectivity index (χ0v) is 15.9. The van der Waals surface area contributed by atoms with Gasteiger partial charge in [0.05, 0.1) is 19.8 Å². The number of guanidine groups is 1. The number of fused-ring (bicyclic) bond motifs is 1. The molecule has 1 aromatic rings. The molecule has 2 rings (SSSR count). The van der Waals surface area contributed by atoms with Gasteiger partial charge in [-0.1, -0.05) is 0 Å². The van der Waals surface area contributed by atoms with Crippen LogP contribution < -0.4 is 20.1 Å². The van der Waals surface area contributed by atoms with E-state index in [1.54, 1.807) is 0 Å². The van der Waals surface area contributed by atoms with Gasteiger partial charge in [0.25, 0.3) is 0 Å². The van der Waals surface area contributed by atoms with Crippen LogP contribution in [0.5, 0.6) is 11.5 Å². The van der Waals surface area contributed by atoms with Crippen LogP contribution in [-0.2, 0) is 17.7 Å². The summed E-state index contributed by atoms with van der Waals surface area (Å²) in [5.74, 6) is 2.63. The van der Waals surface area contributed by atoms with E-state index in [0.29, 0.717) is 19.8 Å². The van der Waals surface area contributed by atoms with E-state index in [2.05, 4.69) is 41.6 Å². The number of ether oxygens (including phenoxy) is 3. The molecule has 1 aromatic carbocycles. The fraction of sp³-hybridized carbons (Fsp3) is 0.632. The van der Waals surface area contributed by atoms with Crippen LogP contribution in [0.1, 0.15) is 38.8 Å². The van der Waals surface area contributed by atoms with Crippen LogP contribution in [0.4, 0.5) is 0 Å². The zero-order chi connectivity index (χ0) is 18.1. The van der Waals surface area contributed by atoms with E-state index in [0.717, 1.165) is 49.1 Å². The quantitative estimate of drug-likeness (QED) is 0.407. The van der Waals surface area contributed by atoms with Crippen molar-refractivity contribution in [2.24, 2.45) is 4.99 Å². The van der Waals surface area contributed by atoms with E-state index in [4.69, 9.17) is 14.2 Å². The van der Waals surface area contributed by atoms with Crippen molar-refractivity contribution in [2.45, 2.75) is 46.8 Å². The highest BCUT2D eigenvalue weighted by Crippen LogP contribution is 2.35. The Morgan fingerprint density at radius 1 is 1.24 bits per heavy atom. The minimum absolute atomic E-state index is 0.223. The predicted octanol–water partition coefficient (Wildman–Crippen LogP) is 2.50. The number of rotatable bonds is 9. The van der Waals surface area contributed by atoms with Crippen molar-refractivity contribution in [3.05, 3.63) is 23.3 Å². The molecule has 1 atom stereocenters. The van der Waals surface area contributed by atoms with E-state index < -0.39 is 0 Å². The molecule has 1 aliphatic heterocycles. The summed E-state index contributed by atoms with van der Waals surface area (Å²) in [4.78, 5) is 4.67. The lowest BCUT2D eigenvalue weighted by atomic mass is 10.1. The van der Waals surface area contributed by atoms with Gasteiger partial charge < -0.3 is 24.8 Å². The molecule has 1 heterocycles. The highest BCUT2D eigenvalue weighted by molar-refractivity contribution is 5.79. The normalized spacial score (nSPS) is 16.3. The molecule has 1 unspecified atom stereocenters. The first-order chi connectivity index (χ1) is 12.2. The fourth-order valence-corrected chi connectivity index (χ4v) is 2.79. The van der Waals surface area contributed by atoms with Crippen molar-refractivity contribution < 1.29 is 14.2 Å². The molecule has 140 valence electrons. The molecule has 0 bridgehead atoms. The van der Waals surface area contributed by atoms with Gasteiger partial charge in [0.15, 0.2) is 5.96 Å². The molecule has 0 aromatic heterocycles. The number of hydrogen-bond donors (Lipinski definition) is 2. The summed E-state index contributed by atoms with van der Waals surface area (Å²) < 4.78 is 17.0. The van der Waals surface area contributed by atoms with E-state index in [1.807, 2.05) is 13.8 Å². The maximum Gasteiger partial charge on any atom is 0.191 e. The second-order valence-corrected chi connectivity index (χ2v) is 5.95. The first-order valence-electron chi connectivity index (χ1n) is 9.23. The smallest absolute Gasteiger partial charge is 0.191 e. The molecule has 6 heteroatoms. The third-order valence-electron chi connectivity index (χ3n) is 3.87. The monoisotopic (exact) mass is 349 g/mol. The molecular weight excluding hydrogens is 318 g/mol. The molecular formula is C19H31N3O3. The third-order valence-corrected chi connectivity index (χ3v) is 3.87. The van der Waals surface area contributed by atoms with Gasteiger partial charge in [0.1, 0.15) is 17.6 Å². The van der Waals surface area contributed by atoms with Crippen molar-refractivity contribution in [3.63, 3.8) is 0 Å². The molecule has 0 amide bonds. The Labute approximate surface area is 151 Å². The fourth-order valence-electron chi connectivity index (χ4n) is 2.79. The lowest BCUT2D eigenvalue weighted by molar-refractivity contribution is 0.152. The Bertz CT molecular complexity index is 575. The Balaban J connectivity index is 2.09. The Kier molecular flexibility index (Phi) is 7.85. The molecule has 1 aliphatic rings. The molecule has 25 heavy (non-hydrogen) atoms. The van der Waals surface area contributed by atoms with Crippen LogP contribution in [0, 0.1) is 0 Å². The molecule has 0 saturated heterocycles. The summed E-state index contributed by atoms with van der Waals surface area (Å²) in [6.45, 7) is 12.2. The average Bonchev–Trinajstić information content (AvgIpc) is 2.95. The van der Waals surface area contributed by atoms with E-state index in [1.165, 1.54) is 5.56 Å². The largest absolute Gasteiger partial charge is 0.494 e. The third kappa shape index (κ3) is 5.81. The van der Waals surface area contributed by atoms with Gasteiger partial charge in [-0.25, -0.2) is 4.99 Å². The van der Waals surface area contributed by atoms with Gasteiger partial charge in [-0.05, 0) is 39.8 Å². The van der Waals surface area contributed by atoms with Crippen LogP contribution in [0.25, 0.3) is 0 Å². The Morgan fingerprint density at radius 3 is 2.80 bits per heavy atom. The second-order valence-electron chi connectivity index (χ2n) is 5.95. The molecule has 0 fully saturated rings. The van der Waals surface area contributed by atoms with Gasteiger partial charge in [-0.3, -0.25) is 0 Å². The van der Waals surface area contributed by atoms with E-state index >= 15 is 0 Å². The number of benzene rings is 1. The summed E-state index contributed by atoms with van der Waals surface area (Å²) in [5.41, 5.74) is 2.25. The Morgan fingerprint density at radius 2 is 2.08 bits per heavy atom. The molecule has 0 spiro atoms. The average molecular weight is 349 g/mol. The number of nitrogens with one attached hydrogen (secondary N) is 2. The van der Waals surface area contributed by atoms with Crippen LogP contribution in [0.15, 0.2) is 17.1 Å². The van der Waals surface area contributed by atoms with Crippen LogP contribution >= 0.6 is 0 Å². The number of nitrogens with zero attached hydrogens (tertiary/aromatic N) is 1. The minimum atomic E-state index is 0.223. The number of hydrogen-bond acceptors (Lipinski definition) is 4. The second kappa shape index (κ2) is 10.1. The summed E-state index contributed by atoms with van der Waals surface area (Å²) in [6.07, 6.45) is 1.15. The predicted molar refractivity (Wildman–Crippen MR) is 101 cm³/mol. The summed E-state index contributed by atoms with van der Waals surface area (Å²) >= 11 is 0. The van der Waals surface area contributed by atoms with Crippen molar-refractivity contribution in [1.82, 2.24) is 10.6 Å². The summed E-state index contributed by atoms with van der Waals surface area (Å²) in [6, 6.07) is 4.17. The van der Waals surface area contributed by atoms with Crippen molar-refractivity contribution in [3.8, 4) is 11.5 Å². The first-order valence-corrected chi connectivity index (χ1v) is 9.23. The molecule has 6 nitrogen and oxygen atoms in total. The van der Waals surface area contributed by atoms with Gasteiger partial charge in [-0.2, -0.15) is 0 Å². The molecule has 2 N–H and O–H groups in total. The Hall–Kier alpha value is -1.95. The maximum absolute atomic E-state index is 5.87. The lowest BCUT2D eigenvalue weighted by Gasteiger charge is -2.14. The molecule has 0 radical (unpaired) electrons. The van der Waals surface area contributed by atoms with Gasteiger partial charge >= 0.3 is 0 Å². The van der Waals surface area contributed by atoms with E-state index in [-0.39, 0.29) is 6.10 Å². The van der Waals surface area contributed by atoms with Gasteiger partial charge in [0.2, 0.25) is 0 Å². The topological polar surface area (TPSA) is 64.1 Å². The maximum atomic E-state index is 5.87. The van der Waals surface area contributed by atoms with Gasteiger partial charge in [0, 0.05) is 37.2 Å². The van der Waals surface area contributed by atoms with Crippen LogP contribution in [0.2, 0.25) is 0 Å². The standard InChI is InChI=1S/C19H31N3O3/c1-5-20-19(21-8-9-23-6-2)22-13-16-12-18-15(10-14(4)25-18)11-17(16)24-7-3/h11-12,14H,5-10,13H2,1-4H3,(H2,20,21,22). The zero-order valence-electron chi connectivity index (χ0n) is 15.9. The molecule has 0 aliphatic carbocycles. The van der Waals surface area contributed by atoms with Gasteiger partial charge in [-0.15, -0.1) is 0 Å². The minimum Gasteiger partial charge on any atom is -0.494 e. The highest BCUT2D eigenvalue weighted by atomic mass is 16.5. The number of aliphatic imine (C=N–C) groups is 1. The highest BCUT2D eigenvalue weighted by Gasteiger charge is 2.21. The van der Waals surface area contributed by atoms with Crippen molar-refractivity contribution in [2.75, 3.05) is 32.9 Å². The van der Waals surface area contributed by atoms with E-state index in [9.17, 15) is 0 Å². The lowest BCUT2D eigenvalue weighted by Crippen LogP contribution is -2.39. The van der Waals surface area contributed by atoms with Crippen LogP contribution in [-0.4, -0.2) is 45.0 Å². The SMILES string of the molecule is CCNC(=NCc1cc2c(cc1OCC)CC(C)O2)NCCOCC.